The van der Waals surface area contributed by atoms with Gasteiger partial charge in [0.25, 0.3) is 5.91 Å². The first kappa shape index (κ1) is 15.2. The third kappa shape index (κ3) is 4.74. The van der Waals surface area contributed by atoms with Crippen LogP contribution in [-0.4, -0.2) is 36.9 Å². The molecule has 1 heterocycles. The third-order valence-corrected chi connectivity index (χ3v) is 3.37. The minimum Gasteiger partial charge on any atom is -0.382 e. The van der Waals surface area contributed by atoms with Crippen LogP contribution in [0, 0.1) is 0 Å². The molecule has 0 spiro atoms. The first-order valence-corrected chi connectivity index (χ1v) is 6.89. The summed E-state index contributed by atoms with van der Waals surface area (Å²) in [6.45, 7) is 2.91. The van der Waals surface area contributed by atoms with E-state index in [1.807, 2.05) is 6.92 Å². The maximum absolute atomic E-state index is 11.8. The van der Waals surface area contributed by atoms with Gasteiger partial charge in [0.05, 0.1) is 0 Å². The number of amides is 2. The zero-order valence-corrected chi connectivity index (χ0v) is 11.9. The molecule has 0 aliphatic rings. The number of carbonyl (C=O) groups excluding carboxylic acids is 2. The van der Waals surface area contributed by atoms with E-state index in [1.54, 1.807) is 7.05 Å². The quantitative estimate of drug-likeness (QED) is 0.580. The Labute approximate surface area is 116 Å². The van der Waals surface area contributed by atoms with E-state index in [4.69, 9.17) is 5.73 Å². The van der Waals surface area contributed by atoms with Crippen molar-refractivity contribution in [3.63, 3.8) is 0 Å². The minimum atomic E-state index is -0.306. The topological polar surface area (TPSA) is 109 Å². The van der Waals surface area contributed by atoms with E-state index in [0.717, 1.165) is 6.42 Å². The smallest absolute Gasteiger partial charge is 0.265 e. The van der Waals surface area contributed by atoms with Gasteiger partial charge in [0.1, 0.15) is 10.7 Å². The molecule has 2 amide bonds. The lowest BCUT2D eigenvalue weighted by Gasteiger charge is -2.04. The largest absolute Gasteiger partial charge is 0.382 e. The van der Waals surface area contributed by atoms with Crippen molar-refractivity contribution in [3.05, 3.63) is 4.88 Å². The van der Waals surface area contributed by atoms with Crippen molar-refractivity contribution in [3.8, 4) is 0 Å². The van der Waals surface area contributed by atoms with Crippen LogP contribution in [0.15, 0.2) is 0 Å². The molecule has 106 valence electrons. The molecular formula is C11H19N5O2S. The first-order chi connectivity index (χ1) is 9.08. The number of rotatable bonds is 7. The molecule has 19 heavy (non-hydrogen) atoms. The van der Waals surface area contributed by atoms with E-state index in [-0.39, 0.29) is 30.6 Å². The second-order valence-corrected chi connectivity index (χ2v) is 4.84. The second-order valence-electron chi connectivity index (χ2n) is 3.84. The number of nitrogens with two attached hydrogens (primary N) is 1. The summed E-state index contributed by atoms with van der Waals surface area (Å²) in [6, 6.07) is 0. The molecule has 0 saturated heterocycles. The van der Waals surface area contributed by atoms with Crippen molar-refractivity contribution in [1.82, 2.24) is 15.6 Å². The fourth-order valence-electron chi connectivity index (χ4n) is 1.32. The number of hydrogen-bond acceptors (Lipinski definition) is 6. The summed E-state index contributed by atoms with van der Waals surface area (Å²) in [4.78, 5) is 27.5. The van der Waals surface area contributed by atoms with Crippen LogP contribution in [0.5, 0.6) is 0 Å². The van der Waals surface area contributed by atoms with Gasteiger partial charge in [-0.05, 0) is 6.42 Å². The zero-order chi connectivity index (χ0) is 14.3. The van der Waals surface area contributed by atoms with Gasteiger partial charge < -0.3 is 21.7 Å². The predicted molar refractivity (Wildman–Crippen MR) is 76.3 cm³/mol. The highest BCUT2D eigenvalue weighted by Crippen LogP contribution is 2.23. The number of nitrogen functional groups attached to an aromatic ring is 1. The van der Waals surface area contributed by atoms with Gasteiger partial charge in [0, 0.05) is 26.6 Å². The number of anilines is 2. The normalized spacial score (nSPS) is 10.0. The molecule has 1 rings (SSSR count). The van der Waals surface area contributed by atoms with Crippen LogP contribution in [0.4, 0.5) is 10.9 Å². The lowest BCUT2D eigenvalue weighted by atomic mass is 10.3. The van der Waals surface area contributed by atoms with Gasteiger partial charge in [-0.25, -0.2) is 4.98 Å². The molecule has 8 heteroatoms. The van der Waals surface area contributed by atoms with Crippen molar-refractivity contribution in [1.29, 1.82) is 0 Å². The van der Waals surface area contributed by atoms with Crippen molar-refractivity contribution < 1.29 is 9.59 Å². The van der Waals surface area contributed by atoms with Crippen LogP contribution in [0.2, 0.25) is 0 Å². The molecule has 5 N–H and O–H groups in total. The Kier molecular flexibility index (Phi) is 6.07. The van der Waals surface area contributed by atoms with Crippen LogP contribution >= 0.6 is 11.3 Å². The molecule has 0 atom stereocenters. The molecule has 1 aromatic rings. The van der Waals surface area contributed by atoms with Crippen LogP contribution in [0.3, 0.4) is 0 Å². The van der Waals surface area contributed by atoms with Crippen LogP contribution < -0.4 is 21.7 Å². The molecule has 7 nitrogen and oxygen atoms in total. The molecule has 0 radical (unpaired) electrons. The van der Waals surface area contributed by atoms with E-state index in [1.165, 1.54) is 11.3 Å². The molecule has 0 aliphatic heterocycles. The van der Waals surface area contributed by atoms with Gasteiger partial charge >= 0.3 is 0 Å². The predicted octanol–water partition coefficient (Wildman–Crippen LogP) is 0.413. The maximum Gasteiger partial charge on any atom is 0.265 e. The second kappa shape index (κ2) is 7.57. The maximum atomic E-state index is 11.8. The number of carbonyl (C=O) groups is 2. The van der Waals surface area contributed by atoms with E-state index < -0.39 is 0 Å². The summed E-state index contributed by atoms with van der Waals surface area (Å²) in [5, 5.41) is 8.79. The average Bonchev–Trinajstić information content (AvgIpc) is 2.77. The molecule has 0 aliphatic carbocycles. The summed E-state index contributed by atoms with van der Waals surface area (Å²) < 4.78 is 0. The average molecular weight is 285 g/mol. The van der Waals surface area contributed by atoms with Crippen LogP contribution in [0.1, 0.15) is 29.4 Å². The van der Waals surface area contributed by atoms with Crippen LogP contribution in [0.25, 0.3) is 0 Å². The molecular weight excluding hydrogens is 266 g/mol. The zero-order valence-electron chi connectivity index (χ0n) is 11.1. The van der Waals surface area contributed by atoms with Gasteiger partial charge in [0.15, 0.2) is 5.13 Å². The molecule has 0 aromatic carbocycles. The Hall–Kier alpha value is -1.83. The summed E-state index contributed by atoms with van der Waals surface area (Å²) in [7, 11) is 1.71. The number of nitrogens with one attached hydrogen (secondary N) is 3. The number of nitrogens with zero attached hydrogens (tertiary/aromatic N) is 1. The summed E-state index contributed by atoms with van der Waals surface area (Å²) >= 11 is 1.18. The van der Waals surface area contributed by atoms with Gasteiger partial charge in [-0.3, -0.25) is 9.59 Å². The van der Waals surface area contributed by atoms with Gasteiger partial charge in [-0.2, -0.15) is 0 Å². The van der Waals surface area contributed by atoms with Crippen molar-refractivity contribution >= 4 is 34.1 Å². The van der Waals surface area contributed by atoms with Crippen molar-refractivity contribution in [2.24, 2.45) is 0 Å². The Bertz CT molecular complexity index is 446. The lowest BCUT2D eigenvalue weighted by molar-refractivity contribution is -0.120. The molecule has 1 aromatic heterocycles. The first-order valence-electron chi connectivity index (χ1n) is 6.07. The molecule has 0 fully saturated rings. The van der Waals surface area contributed by atoms with Crippen molar-refractivity contribution in [2.45, 2.75) is 19.8 Å². The lowest BCUT2D eigenvalue weighted by Crippen LogP contribution is -2.31. The van der Waals surface area contributed by atoms with Crippen LogP contribution in [-0.2, 0) is 4.79 Å². The molecule has 0 bridgehead atoms. The minimum absolute atomic E-state index is 0.0738. The van der Waals surface area contributed by atoms with Crippen molar-refractivity contribution in [2.75, 3.05) is 31.2 Å². The fraction of sp³-hybridized carbons (Fsp3) is 0.545. The monoisotopic (exact) mass is 285 g/mol. The van der Waals surface area contributed by atoms with E-state index in [2.05, 4.69) is 20.9 Å². The SMILES string of the molecule is CCCNC(=O)CCNC(=O)c1sc(NC)nc1N. The summed E-state index contributed by atoms with van der Waals surface area (Å²) in [6.07, 6.45) is 1.14. The highest BCUT2D eigenvalue weighted by molar-refractivity contribution is 7.18. The standard InChI is InChI=1S/C11H19N5O2S/c1-3-5-14-7(17)4-6-15-10(18)8-9(12)16-11(13-2)19-8/h3-6,12H2,1-2H3,(H,13,16)(H,14,17)(H,15,18). The Morgan fingerprint density at radius 3 is 2.63 bits per heavy atom. The number of thiazole rings is 1. The summed E-state index contributed by atoms with van der Waals surface area (Å²) in [5.41, 5.74) is 5.63. The van der Waals surface area contributed by atoms with E-state index in [0.29, 0.717) is 16.6 Å². The van der Waals surface area contributed by atoms with Gasteiger partial charge in [-0.15, -0.1) is 0 Å². The van der Waals surface area contributed by atoms with E-state index >= 15 is 0 Å². The Morgan fingerprint density at radius 1 is 1.32 bits per heavy atom. The third-order valence-electron chi connectivity index (χ3n) is 2.28. The highest BCUT2D eigenvalue weighted by Gasteiger charge is 2.15. The molecule has 0 saturated carbocycles. The van der Waals surface area contributed by atoms with Gasteiger partial charge in [0.2, 0.25) is 5.91 Å². The highest BCUT2D eigenvalue weighted by atomic mass is 32.1. The number of aromatic nitrogens is 1. The Balaban J connectivity index is 2.38. The fourth-order valence-corrected chi connectivity index (χ4v) is 2.08. The summed E-state index contributed by atoms with van der Waals surface area (Å²) in [5.74, 6) is -0.183. The Morgan fingerprint density at radius 2 is 2.05 bits per heavy atom. The van der Waals surface area contributed by atoms with E-state index in [9.17, 15) is 9.59 Å². The molecule has 0 unspecified atom stereocenters. The number of hydrogen-bond donors (Lipinski definition) is 4. The van der Waals surface area contributed by atoms with Gasteiger partial charge in [-0.1, -0.05) is 18.3 Å².